The minimum absolute atomic E-state index is 0.103. The molecule has 0 aliphatic heterocycles. The molecular formula is C21H23NO4S2. The molecule has 148 valence electrons. The zero-order chi connectivity index (χ0) is 20.1. The average Bonchev–Trinajstić information content (AvgIpc) is 3.33. The SMILES string of the molecule is CC(C)CC(NC(=O)c1ccc(CS(=O)(=O)c2ccccc2)o1)c1cccs1. The predicted octanol–water partition coefficient (Wildman–Crippen LogP) is 4.83. The Balaban J connectivity index is 1.71. The van der Waals surface area contributed by atoms with Crippen LogP contribution in [0.1, 0.15) is 47.5 Å². The first kappa shape index (κ1) is 20.4. The van der Waals surface area contributed by atoms with Gasteiger partial charge in [0.05, 0.1) is 10.9 Å². The van der Waals surface area contributed by atoms with E-state index in [-0.39, 0.29) is 34.1 Å². The lowest BCUT2D eigenvalue weighted by Crippen LogP contribution is -2.28. The highest BCUT2D eigenvalue weighted by molar-refractivity contribution is 7.90. The van der Waals surface area contributed by atoms with Crippen molar-refractivity contribution in [2.24, 2.45) is 5.92 Å². The third kappa shape index (κ3) is 5.11. The lowest BCUT2D eigenvalue weighted by Gasteiger charge is -2.18. The summed E-state index contributed by atoms with van der Waals surface area (Å²) >= 11 is 1.60. The number of benzene rings is 1. The van der Waals surface area contributed by atoms with Crippen molar-refractivity contribution in [1.82, 2.24) is 5.32 Å². The Morgan fingerprint density at radius 1 is 1.07 bits per heavy atom. The van der Waals surface area contributed by atoms with E-state index < -0.39 is 9.84 Å². The van der Waals surface area contributed by atoms with Crippen molar-refractivity contribution in [3.05, 3.63) is 76.4 Å². The molecule has 1 unspecified atom stereocenters. The normalized spacial score (nSPS) is 12.8. The number of hydrogen-bond donors (Lipinski definition) is 1. The van der Waals surface area contributed by atoms with E-state index in [2.05, 4.69) is 19.2 Å². The van der Waals surface area contributed by atoms with Crippen molar-refractivity contribution in [2.75, 3.05) is 0 Å². The molecule has 5 nitrogen and oxygen atoms in total. The van der Waals surface area contributed by atoms with Gasteiger partial charge in [-0.25, -0.2) is 8.42 Å². The Bertz CT molecular complexity index is 1010. The second-order valence-electron chi connectivity index (χ2n) is 7.01. The van der Waals surface area contributed by atoms with Crippen LogP contribution in [0.25, 0.3) is 0 Å². The summed E-state index contributed by atoms with van der Waals surface area (Å²) in [5.74, 6) is 0.136. The number of hydrogen-bond acceptors (Lipinski definition) is 5. The quantitative estimate of drug-likeness (QED) is 0.569. The van der Waals surface area contributed by atoms with Crippen LogP contribution in [-0.2, 0) is 15.6 Å². The molecule has 1 amide bonds. The summed E-state index contributed by atoms with van der Waals surface area (Å²) in [6.45, 7) is 4.21. The van der Waals surface area contributed by atoms with Gasteiger partial charge in [-0.05, 0) is 48.1 Å². The fraction of sp³-hybridized carbons (Fsp3) is 0.286. The third-order valence-corrected chi connectivity index (χ3v) is 6.86. The van der Waals surface area contributed by atoms with Crippen LogP contribution < -0.4 is 5.32 Å². The molecule has 2 heterocycles. The standard InChI is InChI=1S/C21H23NO4S2/c1-15(2)13-18(20-9-6-12-27-20)22-21(23)19-11-10-16(26-19)14-28(24,25)17-7-4-3-5-8-17/h3-12,15,18H,13-14H2,1-2H3,(H,22,23). The van der Waals surface area contributed by atoms with Crippen LogP contribution in [0.4, 0.5) is 0 Å². The molecule has 0 radical (unpaired) electrons. The first-order valence-corrected chi connectivity index (χ1v) is 11.6. The van der Waals surface area contributed by atoms with Crippen molar-refractivity contribution >= 4 is 27.1 Å². The molecule has 0 aliphatic carbocycles. The summed E-state index contributed by atoms with van der Waals surface area (Å²) in [6, 6.07) is 15.1. The lowest BCUT2D eigenvalue weighted by molar-refractivity contribution is 0.0903. The van der Waals surface area contributed by atoms with E-state index in [0.717, 1.165) is 11.3 Å². The molecule has 3 aromatic rings. The van der Waals surface area contributed by atoms with Gasteiger partial charge < -0.3 is 9.73 Å². The van der Waals surface area contributed by atoms with E-state index in [9.17, 15) is 13.2 Å². The number of sulfone groups is 1. The average molecular weight is 418 g/mol. The van der Waals surface area contributed by atoms with Gasteiger partial charge in [0.1, 0.15) is 11.5 Å². The van der Waals surface area contributed by atoms with Gasteiger partial charge in [0.25, 0.3) is 5.91 Å². The Kier molecular flexibility index (Phi) is 6.36. The van der Waals surface area contributed by atoms with Crippen LogP contribution >= 0.6 is 11.3 Å². The largest absolute Gasteiger partial charge is 0.455 e. The first-order chi connectivity index (χ1) is 13.3. The summed E-state index contributed by atoms with van der Waals surface area (Å²) < 4.78 is 30.5. The van der Waals surface area contributed by atoms with Gasteiger partial charge >= 0.3 is 0 Å². The van der Waals surface area contributed by atoms with E-state index in [1.165, 1.54) is 12.1 Å². The van der Waals surface area contributed by atoms with Crippen LogP contribution in [0, 0.1) is 5.92 Å². The van der Waals surface area contributed by atoms with Gasteiger partial charge in [-0.2, -0.15) is 0 Å². The van der Waals surface area contributed by atoms with E-state index >= 15 is 0 Å². The topological polar surface area (TPSA) is 76.4 Å². The zero-order valence-electron chi connectivity index (χ0n) is 15.8. The molecule has 28 heavy (non-hydrogen) atoms. The summed E-state index contributed by atoms with van der Waals surface area (Å²) in [5.41, 5.74) is 0. The van der Waals surface area contributed by atoms with Gasteiger partial charge in [0, 0.05) is 4.88 Å². The summed E-state index contributed by atoms with van der Waals surface area (Å²) in [7, 11) is -3.52. The first-order valence-electron chi connectivity index (χ1n) is 9.06. The van der Waals surface area contributed by atoms with Crippen molar-refractivity contribution in [3.63, 3.8) is 0 Å². The third-order valence-electron chi connectivity index (χ3n) is 4.22. The monoisotopic (exact) mass is 417 g/mol. The zero-order valence-corrected chi connectivity index (χ0v) is 17.4. The smallest absolute Gasteiger partial charge is 0.287 e. The minimum atomic E-state index is -3.52. The van der Waals surface area contributed by atoms with Crippen LogP contribution in [0.15, 0.2) is 69.3 Å². The molecule has 2 aromatic heterocycles. The van der Waals surface area contributed by atoms with Crippen molar-refractivity contribution < 1.29 is 17.6 Å². The van der Waals surface area contributed by atoms with Crippen molar-refractivity contribution in [1.29, 1.82) is 0 Å². The minimum Gasteiger partial charge on any atom is -0.455 e. The van der Waals surface area contributed by atoms with Crippen molar-refractivity contribution in [2.45, 2.75) is 37.0 Å². The van der Waals surface area contributed by atoms with E-state index in [1.807, 2.05) is 17.5 Å². The fourth-order valence-corrected chi connectivity index (χ4v) is 4.97. The Morgan fingerprint density at radius 3 is 2.46 bits per heavy atom. The Labute approximate surface area is 169 Å². The molecule has 1 N–H and O–H groups in total. The fourth-order valence-electron chi connectivity index (χ4n) is 2.91. The molecular weight excluding hydrogens is 394 g/mol. The van der Waals surface area contributed by atoms with E-state index in [0.29, 0.717) is 5.92 Å². The molecule has 7 heteroatoms. The molecule has 0 bridgehead atoms. The number of thiophene rings is 1. The van der Waals surface area contributed by atoms with Gasteiger partial charge in [0.15, 0.2) is 15.6 Å². The number of rotatable bonds is 8. The van der Waals surface area contributed by atoms with E-state index in [4.69, 9.17) is 4.42 Å². The molecule has 0 fully saturated rings. The maximum absolute atomic E-state index is 12.6. The molecule has 0 aliphatic rings. The highest BCUT2D eigenvalue weighted by Gasteiger charge is 2.22. The molecule has 0 saturated carbocycles. The Morgan fingerprint density at radius 2 is 1.82 bits per heavy atom. The number of carbonyl (C=O) groups is 1. The number of nitrogens with one attached hydrogen (secondary N) is 1. The summed E-state index contributed by atoms with van der Waals surface area (Å²) in [4.78, 5) is 13.9. The van der Waals surface area contributed by atoms with Crippen LogP contribution in [-0.4, -0.2) is 14.3 Å². The summed E-state index contributed by atoms with van der Waals surface area (Å²) in [6.07, 6.45) is 0.808. The number of furan rings is 1. The molecule has 0 saturated heterocycles. The second kappa shape index (κ2) is 8.75. The molecule has 3 rings (SSSR count). The summed E-state index contributed by atoms with van der Waals surface area (Å²) in [5, 5.41) is 4.98. The van der Waals surface area contributed by atoms with Gasteiger partial charge in [-0.3, -0.25) is 4.79 Å². The molecule has 1 atom stereocenters. The number of amides is 1. The Hall–Kier alpha value is -2.38. The highest BCUT2D eigenvalue weighted by Crippen LogP contribution is 2.26. The highest BCUT2D eigenvalue weighted by atomic mass is 32.2. The van der Waals surface area contributed by atoms with Gasteiger partial charge in [-0.15, -0.1) is 11.3 Å². The molecule has 1 aromatic carbocycles. The second-order valence-corrected chi connectivity index (χ2v) is 9.98. The van der Waals surface area contributed by atoms with Gasteiger partial charge in [0.2, 0.25) is 0 Å². The van der Waals surface area contributed by atoms with Crippen LogP contribution in [0.5, 0.6) is 0 Å². The van der Waals surface area contributed by atoms with Crippen LogP contribution in [0.2, 0.25) is 0 Å². The van der Waals surface area contributed by atoms with Crippen LogP contribution in [0.3, 0.4) is 0 Å². The lowest BCUT2D eigenvalue weighted by atomic mass is 10.0. The van der Waals surface area contributed by atoms with E-state index in [1.54, 1.807) is 41.7 Å². The molecule has 0 spiro atoms. The van der Waals surface area contributed by atoms with Gasteiger partial charge in [-0.1, -0.05) is 38.1 Å². The maximum atomic E-state index is 12.6. The maximum Gasteiger partial charge on any atom is 0.287 e. The predicted molar refractivity (Wildman–Crippen MR) is 110 cm³/mol. The number of carbonyl (C=O) groups excluding carboxylic acids is 1. The van der Waals surface area contributed by atoms with Crippen molar-refractivity contribution in [3.8, 4) is 0 Å².